The Balaban J connectivity index is 1.93. The first-order valence-electron chi connectivity index (χ1n) is 8.51. The molecule has 1 fully saturated rings. The molecule has 1 aliphatic rings. The van der Waals surface area contributed by atoms with Gasteiger partial charge < -0.3 is 19.7 Å². The molecule has 0 unspecified atom stereocenters. The summed E-state index contributed by atoms with van der Waals surface area (Å²) in [6, 6.07) is 12.6. The fourth-order valence-electron chi connectivity index (χ4n) is 2.94. The largest absolute Gasteiger partial charge is 0.465 e. The summed E-state index contributed by atoms with van der Waals surface area (Å²) in [5.74, 6) is -0.658. The van der Waals surface area contributed by atoms with Gasteiger partial charge in [-0.05, 0) is 37.3 Å². The zero-order chi connectivity index (χ0) is 18.5. The summed E-state index contributed by atoms with van der Waals surface area (Å²) in [6.07, 6.45) is 0. The van der Waals surface area contributed by atoms with E-state index in [2.05, 4.69) is 10.2 Å². The van der Waals surface area contributed by atoms with Crippen molar-refractivity contribution in [1.82, 2.24) is 0 Å². The number of carbonyl (C=O) groups excluding carboxylic acids is 2. The molecule has 26 heavy (non-hydrogen) atoms. The minimum atomic E-state index is -0.440. The number of morpholine rings is 1. The van der Waals surface area contributed by atoms with E-state index in [1.165, 1.54) is 7.11 Å². The van der Waals surface area contributed by atoms with Crippen LogP contribution in [0.25, 0.3) is 0 Å². The zero-order valence-electron chi connectivity index (χ0n) is 15.0. The summed E-state index contributed by atoms with van der Waals surface area (Å²) in [7, 11) is 1.34. The van der Waals surface area contributed by atoms with Gasteiger partial charge in [0.1, 0.15) is 0 Å². The number of benzene rings is 2. The van der Waals surface area contributed by atoms with Gasteiger partial charge in [-0.3, -0.25) is 4.79 Å². The highest BCUT2D eigenvalue weighted by Crippen LogP contribution is 2.29. The van der Waals surface area contributed by atoms with E-state index in [1.54, 1.807) is 18.2 Å². The molecule has 0 aliphatic carbocycles. The molecule has 0 radical (unpaired) electrons. The van der Waals surface area contributed by atoms with Crippen LogP contribution < -0.4 is 10.2 Å². The Morgan fingerprint density at radius 2 is 1.85 bits per heavy atom. The summed E-state index contributed by atoms with van der Waals surface area (Å²) in [6.45, 7) is 4.65. The summed E-state index contributed by atoms with van der Waals surface area (Å²) in [5.41, 5.74) is 3.42. The fraction of sp³-hybridized carbons (Fsp3) is 0.300. The molecule has 0 aromatic heterocycles. The van der Waals surface area contributed by atoms with Crippen molar-refractivity contribution in [3.63, 3.8) is 0 Å². The second kappa shape index (κ2) is 8.01. The quantitative estimate of drug-likeness (QED) is 0.855. The molecular weight excluding hydrogens is 332 g/mol. The standard InChI is InChI=1S/C20H22N2O4/c1-14-4-3-5-15(12-14)19(23)21-17-13-16(20(24)25-2)6-7-18(17)22-8-10-26-11-9-22/h3-7,12-13H,8-11H2,1-2H3,(H,21,23). The van der Waals surface area contributed by atoms with E-state index in [0.29, 0.717) is 30.0 Å². The van der Waals surface area contributed by atoms with Crippen molar-refractivity contribution in [3.8, 4) is 0 Å². The van der Waals surface area contributed by atoms with Crippen LogP contribution in [0.2, 0.25) is 0 Å². The van der Waals surface area contributed by atoms with Crippen molar-refractivity contribution in [3.05, 3.63) is 59.2 Å². The third kappa shape index (κ3) is 4.03. The number of ether oxygens (including phenoxy) is 2. The van der Waals surface area contributed by atoms with Gasteiger partial charge in [0.2, 0.25) is 0 Å². The molecule has 6 heteroatoms. The second-order valence-electron chi connectivity index (χ2n) is 6.15. The summed E-state index contributed by atoms with van der Waals surface area (Å²) in [4.78, 5) is 26.7. The normalized spacial score (nSPS) is 14.0. The molecule has 1 saturated heterocycles. The van der Waals surface area contributed by atoms with Gasteiger partial charge in [0.05, 0.1) is 37.3 Å². The van der Waals surface area contributed by atoms with E-state index in [4.69, 9.17) is 9.47 Å². The molecule has 0 saturated carbocycles. The molecule has 6 nitrogen and oxygen atoms in total. The third-order valence-electron chi connectivity index (χ3n) is 4.30. The second-order valence-corrected chi connectivity index (χ2v) is 6.15. The first-order chi connectivity index (χ1) is 12.6. The maximum Gasteiger partial charge on any atom is 0.337 e. The van der Waals surface area contributed by atoms with E-state index in [-0.39, 0.29) is 5.91 Å². The zero-order valence-corrected chi connectivity index (χ0v) is 15.0. The van der Waals surface area contributed by atoms with Gasteiger partial charge in [-0.1, -0.05) is 17.7 Å². The van der Waals surface area contributed by atoms with E-state index in [1.807, 2.05) is 31.2 Å². The maximum atomic E-state index is 12.7. The van der Waals surface area contributed by atoms with Gasteiger partial charge in [-0.15, -0.1) is 0 Å². The molecule has 1 amide bonds. The molecule has 0 spiro atoms. The summed E-state index contributed by atoms with van der Waals surface area (Å²) in [5, 5.41) is 2.94. The first-order valence-corrected chi connectivity index (χ1v) is 8.51. The Kier molecular flexibility index (Phi) is 5.53. The number of aryl methyl sites for hydroxylation is 1. The number of carbonyl (C=O) groups is 2. The molecule has 2 aromatic carbocycles. The van der Waals surface area contributed by atoms with Crippen molar-refractivity contribution < 1.29 is 19.1 Å². The molecule has 1 aliphatic heterocycles. The Morgan fingerprint density at radius 1 is 1.08 bits per heavy atom. The molecule has 2 aromatic rings. The lowest BCUT2D eigenvalue weighted by molar-refractivity contribution is 0.0600. The number of hydrogen-bond acceptors (Lipinski definition) is 5. The summed E-state index contributed by atoms with van der Waals surface area (Å²) >= 11 is 0. The molecule has 0 atom stereocenters. The highest BCUT2D eigenvalue weighted by molar-refractivity contribution is 6.07. The number of nitrogens with zero attached hydrogens (tertiary/aromatic N) is 1. The average Bonchev–Trinajstić information content (AvgIpc) is 2.68. The third-order valence-corrected chi connectivity index (χ3v) is 4.30. The lowest BCUT2D eigenvalue weighted by atomic mass is 10.1. The maximum absolute atomic E-state index is 12.7. The van der Waals surface area contributed by atoms with Gasteiger partial charge in [0.25, 0.3) is 5.91 Å². The Bertz CT molecular complexity index is 813. The number of nitrogens with one attached hydrogen (secondary N) is 1. The average molecular weight is 354 g/mol. The number of hydrogen-bond donors (Lipinski definition) is 1. The minimum absolute atomic E-state index is 0.217. The smallest absolute Gasteiger partial charge is 0.337 e. The topological polar surface area (TPSA) is 67.9 Å². The van der Waals surface area contributed by atoms with Crippen molar-refractivity contribution in [2.75, 3.05) is 43.6 Å². The van der Waals surface area contributed by atoms with Crippen LogP contribution in [0.1, 0.15) is 26.3 Å². The van der Waals surface area contributed by atoms with Crippen molar-refractivity contribution in [1.29, 1.82) is 0 Å². The molecule has 0 bridgehead atoms. The van der Waals surface area contributed by atoms with Crippen molar-refractivity contribution >= 4 is 23.3 Å². The van der Waals surface area contributed by atoms with Crippen LogP contribution in [0, 0.1) is 6.92 Å². The number of methoxy groups -OCH3 is 1. The SMILES string of the molecule is COC(=O)c1ccc(N2CCOCC2)c(NC(=O)c2cccc(C)c2)c1. The molecule has 1 N–H and O–H groups in total. The first kappa shape index (κ1) is 17.9. The van der Waals surface area contributed by atoms with Crippen LogP contribution in [-0.2, 0) is 9.47 Å². The Hall–Kier alpha value is -2.86. The van der Waals surface area contributed by atoms with Crippen molar-refractivity contribution in [2.45, 2.75) is 6.92 Å². The monoisotopic (exact) mass is 354 g/mol. The van der Waals surface area contributed by atoms with Crippen molar-refractivity contribution in [2.24, 2.45) is 0 Å². The Morgan fingerprint density at radius 3 is 2.54 bits per heavy atom. The predicted molar refractivity (Wildman–Crippen MR) is 99.9 cm³/mol. The molecule has 3 rings (SSSR count). The predicted octanol–water partition coefficient (Wildman–Crippen LogP) is 2.87. The fourth-order valence-corrected chi connectivity index (χ4v) is 2.94. The molecule has 1 heterocycles. The molecule has 136 valence electrons. The van der Waals surface area contributed by atoms with Crippen LogP contribution in [0.15, 0.2) is 42.5 Å². The van der Waals surface area contributed by atoms with E-state index >= 15 is 0 Å². The van der Waals surface area contributed by atoms with Crippen LogP contribution in [0.4, 0.5) is 11.4 Å². The van der Waals surface area contributed by atoms with Gasteiger partial charge in [0.15, 0.2) is 0 Å². The van der Waals surface area contributed by atoms with Crippen LogP contribution in [0.5, 0.6) is 0 Å². The van der Waals surface area contributed by atoms with Crippen LogP contribution in [0.3, 0.4) is 0 Å². The van der Waals surface area contributed by atoms with Crippen LogP contribution >= 0.6 is 0 Å². The Labute approximate surface area is 152 Å². The number of amides is 1. The van der Waals surface area contributed by atoms with Crippen LogP contribution in [-0.4, -0.2) is 45.3 Å². The van der Waals surface area contributed by atoms with Gasteiger partial charge in [0, 0.05) is 18.7 Å². The molecular formula is C20H22N2O4. The van der Waals surface area contributed by atoms with E-state index in [0.717, 1.165) is 24.3 Å². The van der Waals surface area contributed by atoms with Gasteiger partial charge in [-0.25, -0.2) is 4.79 Å². The highest BCUT2D eigenvalue weighted by Gasteiger charge is 2.19. The lowest BCUT2D eigenvalue weighted by Crippen LogP contribution is -2.36. The summed E-state index contributed by atoms with van der Waals surface area (Å²) < 4.78 is 10.2. The van der Waals surface area contributed by atoms with E-state index < -0.39 is 5.97 Å². The van der Waals surface area contributed by atoms with E-state index in [9.17, 15) is 9.59 Å². The lowest BCUT2D eigenvalue weighted by Gasteiger charge is -2.30. The number of anilines is 2. The van der Waals surface area contributed by atoms with Gasteiger partial charge >= 0.3 is 5.97 Å². The highest BCUT2D eigenvalue weighted by atomic mass is 16.5. The van der Waals surface area contributed by atoms with Gasteiger partial charge in [-0.2, -0.15) is 0 Å². The number of rotatable bonds is 4. The number of esters is 1. The minimum Gasteiger partial charge on any atom is -0.465 e.